The van der Waals surface area contributed by atoms with Crippen LogP contribution in [0.25, 0.3) is 0 Å². The van der Waals surface area contributed by atoms with Crippen LogP contribution in [0.2, 0.25) is 0 Å². The third-order valence-corrected chi connectivity index (χ3v) is 4.54. The lowest BCUT2D eigenvalue weighted by atomic mass is 9.96. The van der Waals surface area contributed by atoms with Crippen molar-refractivity contribution in [2.45, 2.75) is 97.3 Å². The summed E-state index contributed by atoms with van der Waals surface area (Å²) in [6.07, 6.45) is 13.8. The molecule has 146 valence electrons. The van der Waals surface area contributed by atoms with E-state index in [9.17, 15) is 9.59 Å². The van der Waals surface area contributed by atoms with Gasteiger partial charge in [0.25, 0.3) is 0 Å². The van der Waals surface area contributed by atoms with Crippen LogP contribution >= 0.6 is 0 Å². The van der Waals surface area contributed by atoms with Gasteiger partial charge in [0.1, 0.15) is 0 Å². The lowest BCUT2D eigenvalue weighted by Gasteiger charge is -2.12. The molecule has 0 N–H and O–H groups in total. The second kappa shape index (κ2) is 16.2. The molecule has 4 heteroatoms. The predicted molar refractivity (Wildman–Crippen MR) is 102 cm³/mol. The zero-order valence-electron chi connectivity index (χ0n) is 16.8. The van der Waals surface area contributed by atoms with Crippen molar-refractivity contribution in [2.75, 3.05) is 14.2 Å². The summed E-state index contributed by atoms with van der Waals surface area (Å²) in [5.74, 6) is -0.782. The summed E-state index contributed by atoms with van der Waals surface area (Å²) in [6, 6.07) is 0. The summed E-state index contributed by atoms with van der Waals surface area (Å²) < 4.78 is 9.81. The highest BCUT2D eigenvalue weighted by Crippen LogP contribution is 2.22. The van der Waals surface area contributed by atoms with Gasteiger partial charge >= 0.3 is 11.9 Å². The molecular formula is C21H38O4. The van der Waals surface area contributed by atoms with Crippen molar-refractivity contribution in [3.8, 4) is 0 Å². The number of hydrogen-bond acceptors (Lipinski definition) is 4. The molecule has 0 saturated heterocycles. The Kier molecular flexibility index (Phi) is 15.3. The Labute approximate surface area is 154 Å². The van der Waals surface area contributed by atoms with Gasteiger partial charge in [0.05, 0.1) is 14.2 Å². The van der Waals surface area contributed by atoms with E-state index in [4.69, 9.17) is 9.47 Å². The minimum atomic E-state index is -0.393. The second-order valence-corrected chi connectivity index (χ2v) is 6.62. The van der Waals surface area contributed by atoms with Gasteiger partial charge in [-0.1, -0.05) is 71.6 Å². The molecule has 4 nitrogen and oxygen atoms in total. The van der Waals surface area contributed by atoms with Crippen LogP contribution in [-0.2, 0) is 19.1 Å². The highest BCUT2D eigenvalue weighted by molar-refractivity contribution is 6.00. The number of carbonyl (C=O) groups is 2. The molecule has 0 atom stereocenters. The van der Waals surface area contributed by atoms with Crippen molar-refractivity contribution in [2.24, 2.45) is 0 Å². The SMILES string of the molecule is CCCCCCCCCCC(C(=O)OC)=C(CCCCC)C(=O)OC. The summed E-state index contributed by atoms with van der Waals surface area (Å²) >= 11 is 0. The largest absolute Gasteiger partial charge is 0.466 e. The van der Waals surface area contributed by atoms with E-state index in [2.05, 4.69) is 13.8 Å². The van der Waals surface area contributed by atoms with Crippen LogP contribution in [0.5, 0.6) is 0 Å². The summed E-state index contributed by atoms with van der Waals surface area (Å²) in [7, 11) is 2.74. The van der Waals surface area contributed by atoms with Crippen LogP contribution in [-0.4, -0.2) is 26.2 Å². The quantitative estimate of drug-likeness (QED) is 0.214. The van der Waals surface area contributed by atoms with Crippen molar-refractivity contribution in [1.82, 2.24) is 0 Å². The van der Waals surface area contributed by atoms with E-state index in [1.54, 1.807) is 0 Å². The van der Waals surface area contributed by atoms with Gasteiger partial charge in [-0.3, -0.25) is 0 Å². The third kappa shape index (κ3) is 11.0. The van der Waals surface area contributed by atoms with Crippen molar-refractivity contribution in [3.05, 3.63) is 11.1 Å². The standard InChI is InChI=1S/C21H38O4/c1-5-7-9-10-11-12-13-15-17-19(21(23)25-4)18(20(22)24-3)16-14-8-6-2/h5-17H2,1-4H3. The van der Waals surface area contributed by atoms with E-state index in [0.717, 1.165) is 32.1 Å². The molecular weight excluding hydrogens is 316 g/mol. The molecule has 0 aromatic carbocycles. The van der Waals surface area contributed by atoms with E-state index in [1.165, 1.54) is 52.7 Å². The van der Waals surface area contributed by atoms with Gasteiger partial charge in [0.2, 0.25) is 0 Å². The monoisotopic (exact) mass is 354 g/mol. The van der Waals surface area contributed by atoms with E-state index in [1.807, 2.05) is 0 Å². The van der Waals surface area contributed by atoms with Gasteiger partial charge in [-0.2, -0.15) is 0 Å². The molecule has 0 aromatic rings. The first-order chi connectivity index (χ1) is 12.1. The molecule has 0 aliphatic rings. The van der Waals surface area contributed by atoms with Gasteiger partial charge in [0.15, 0.2) is 0 Å². The van der Waals surface area contributed by atoms with Gasteiger partial charge in [-0.05, 0) is 25.7 Å². The molecule has 25 heavy (non-hydrogen) atoms. The van der Waals surface area contributed by atoms with Crippen molar-refractivity contribution in [1.29, 1.82) is 0 Å². The van der Waals surface area contributed by atoms with Crippen LogP contribution < -0.4 is 0 Å². The number of unbranched alkanes of at least 4 members (excludes halogenated alkanes) is 9. The summed E-state index contributed by atoms with van der Waals surface area (Å²) in [4.78, 5) is 24.3. The average Bonchev–Trinajstić information content (AvgIpc) is 2.63. The minimum Gasteiger partial charge on any atom is -0.466 e. The van der Waals surface area contributed by atoms with Crippen molar-refractivity contribution >= 4 is 11.9 Å². The molecule has 0 aliphatic carbocycles. The van der Waals surface area contributed by atoms with Crippen LogP contribution in [0.3, 0.4) is 0 Å². The van der Waals surface area contributed by atoms with Crippen molar-refractivity contribution in [3.63, 3.8) is 0 Å². The zero-order valence-corrected chi connectivity index (χ0v) is 16.8. The number of rotatable bonds is 15. The Morgan fingerprint density at radius 1 is 0.560 bits per heavy atom. The number of esters is 2. The molecule has 0 aromatic heterocycles. The molecule has 0 spiro atoms. The average molecular weight is 355 g/mol. The van der Waals surface area contributed by atoms with Crippen LogP contribution in [0.1, 0.15) is 97.3 Å². The number of ether oxygens (including phenoxy) is 2. The fourth-order valence-electron chi connectivity index (χ4n) is 2.99. The molecule has 0 saturated carbocycles. The van der Waals surface area contributed by atoms with Gasteiger partial charge in [0, 0.05) is 11.1 Å². The Morgan fingerprint density at radius 3 is 1.28 bits per heavy atom. The van der Waals surface area contributed by atoms with E-state index in [-0.39, 0.29) is 5.97 Å². The molecule has 0 aliphatic heterocycles. The number of hydrogen-bond donors (Lipinski definition) is 0. The summed E-state index contributed by atoms with van der Waals surface area (Å²) in [5, 5.41) is 0. The van der Waals surface area contributed by atoms with E-state index < -0.39 is 5.97 Å². The van der Waals surface area contributed by atoms with Gasteiger partial charge < -0.3 is 9.47 Å². The maximum absolute atomic E-state index is 12.2. The molecule has 0 amide bonds. The molecule has 0 bridgehead atoms. The normalized spacial score (nSPS) is 11.8. The molecule has 0 radical (unpaired) electrons. The van der Waals surface area contributed by atoms with E-state index >= 15 is 0 Å². The number of methoxy groups -OCH3 is 2. The molecule has 0 heterocycles. The van der Waals surface area contributed by atoms with E-state index in [0.29, 0.717) is 24.0 Å². The van der Waals surface area contributed by atoms with Gasteiger partial charge in [-0.15, -0.1) is 0 Å². The summed E-state index contributed by atoms with van der Waals surface area (Å²) in [6.45, 7) is 4.34. The second-order valence-electron chi connectivity index (χ2n) is 6.62. The molecule has 0 rings (SSSR count). The molecule has 0 fully saturated rings. The number of carbonyl (C=O) groups excluding carboxylic acids is 2. The van der Waals surface area contributed by atoms with Gasteiger partial charge in [-0.25, -0.2) is 9.59 Å². The minimum absolute atomic E-state index is 0.389. The summed E-state index contributed by atoms with van der Waals surface area (Å²) in [5.41, 5.74) is 1.02. The van der Waals surface area contributed by atoms with Crippen LogP contribution in [0.4, 0.5) is 0 Å². The third-order valence-electron chi connectivity index (χ3n) is 4.54. The lowest BCUT2D eigenvalue weighted by Crippen LogP contribution is -2.15. The first-order valence-corrected chi connectivity index (χ1v) is 10.0. The first kappa shape index (κ1) is 23.7. The maximum Gasteiger partial charge on any atom is 0.334 e. The smallest absolute Gasteiger partial charge is 0.334 e. The zero-order chi connectivity index (χ0) is 18.9. The lowest BCUT2D eigenvalue weighted by molar-refractivity contribution is -0.139. The Hall–Kier alpha value is -1.32. The first-order valence-electron chi connectivity index (χ1n) is 10.0. The Balaban J connectivity index is 4.65. The Bertz CT molecular complexity index is 399. The maximum atomic E-state index is 12.2. The fraction of sp³-hybridized carbons (Fsp3) is 0.810. The highest BCUT2D eigenvalue weighted by atomic mass is 16.5. The highest BCUT2D eigenvalue weighted by Gasteiger charge is 2.21. The topological polar surface area (TPSA) is 52.6 Å². The van der Waals surface area contributed by atoms with Crippen molar-refractivity contribution < 1.29 is 19.1 Å². The predicted octanol–water partition coefficient (Wildman–Crippen LogP) is 5.74. The Morgan fingerprint density at radius 2 is 0.880 bits per heavy atom. The fourth-order valence-corrected chi connectivity index (χ4v) is 2.99. The van der Waals surface area contributed by atoms with Crippen LogP contribution in [0, 0.1) is 0 Å². The molecule has 0 unspecified atom stereocenters. The van der Waals surface area contributed by atoms with Crippen LogP contribution in [0.15, 0.2) is 11.1 Å².